The van der Waals surface area contributed by atoms with E-state index in [0.29, 0.717) is 28.3 Å². The highest BCUT2D eigenvalue weighted by atomic mass is 19.1. The van der Waals surface area contributed by atoms with Gasteiger partial charge in [0.2, 0.25) is 5.91 Å². The van der Waals surface area contributed by atoms with Crippen molar-refractivity contribution in [2.24, 2.45) is 5.92 Å². The Bertz CT molecular complexity index is 1850. The predicted octanol–water partition coefficient (Wildman–Crippen LogP) is 6.50. The molecule has 0 unspecified atom stereocenters. The number of hydrogen-bond donors (Lipinski definition) is 3. The molecule has 1 aliphatic rings. The van der Waals surface area contributed by atoms with E-state index in [1.54, 1.807) is 30.9 Å². The molecule has 0 aliphatic heterocycles. The highest BCUT2D eigenvalue weighted by molar-refractivity contribution is 6.00. The zero-order valence-corrected chi connectivity index (χ0v) is 20.9. The Hall–Kier alpha value is -4.92. The SMILES string of the molecule is O=C(Nc1cncc(-c2cnc3[nH]nc(-c4cc5c(-c6cccc(F)c6)nccc5[nH]4)c3c2)c1)C1CCCC1. The molecule has 1 saturated carbocycles. The predicted molar refractivity (Wildman–Crippen MR) is 148 cm³/mol. The third-order valence-corrected chi connectivity index (χ3v) is 7.38. The highest BCUT2D eigenvalue weighted by Crippen LogP contribution is 2.34. The molecule has 192 valence electrons. The minimum atomic E-state index is -0.310. The molecular formula is C30H24FN7O. The van der Waals surface area contributed by atoms with E-state index in [1.807, 2.05) is 30.3 Å². The molecule has 0 atom stereocenters. The van der Waals surface area contributed by atoms with E-state index < -0.39 is 0 Å². The zero-order chi connectivity index (χ0) is 26.3. The Balaban J connectivity index is 1.25. The van der Waals surface area contributed by atoms with Crippen LogP contribution in [-0.2, 0) is 4.79 Å². The highest BCUT2D eigenvalue weighted by Gasteiger charge is 2.23. The lowest BCUT2D eigenvalue weighted by atomic mass is 10.1. The van der Waals surface area contributed by atoms with Gasteiger partial charge in [-0.05, 0) is 49.2 Å². The number of nitrogens with zero attached hydrogens (tertiary/aromatic N) is 4. The molecule has 0 spiro atoms. The molecule has 0 bridgehead atoms. The monoisotopic (exact) mass is 517 g/mol. The minimum Gasteiger partial charge on any atom is -0.353 e. The molecule has 6 aromatic rings. The van der Waals surface area contributed by atoms with Gasteiger partial charge in [-0.3, -0.25) is 19.9 Å². The molecule has 3 N–H and O–H groups in total. The number of rotatable bonds is 5. The lowest BCUT2D eigenvalue weighted by molar-refractivity contribution is -0.119. The summed E-state index contributed by atoms with van der Waals surface area (Å²) in [5, 5.41) is 12.3. The summed E-state index contributed by atoms with van der Waals surface area (Å²) in [6.45, 7) is 0. The van der Waals surface area contributed by atoms with Crippen molar-refractivity contribution in [2.45, 2.75) is 25.7 Å². The number of carbonyl (C=O) groups excluding carboxylic acids is 1. The quantitative estimate of drug-likeness (QED) is 0.242. The average Bonchev–Trinajstić information content (AvgIpc) is 3.72. The molecule has 0 radical (unpaired) electrons. The minimum absolute atomic E-state index is 0.0584. The number of carbonyl (C=O) groups is 1. The van der Waals surface area contributed by atoms with Crippen LogP contribution in [0.1, 0.15) is 25.7 Å². The number of fused-ring (bicyclic) bond motifs is 2. The maximum atomic E-state index is 13.9. The van der Waals surface area contributed by atoms with E-state index in [9.17, 15) is 9.18 Å². The maximum Gasteiger partial charge on any atom is 0.227 e. The fourth-order valence-electron chi connectivity index (χ4n) is 5.41. The van der Waals surface area contributed by atoms with Gasteiger partial charge in [-0.25, -0.2) is 9.37 Å². The summed E-state index contributed by atoms with van der Waals surface area (Å²) in [6.07, 6.45) is 11.0. The number of amides is 1. The Labute approximate surface area is 222 Å². The van der Waals surface area contributed by atoms with E-state index in [0.717, 1.165) is 58.8 Å². The van der Waals surface area contributed by atoms with E-state index in [2.05, 4.69) is 35.5 Å². The lowest BCUT2D eigenvalue weighted by Crippen LogP contribution is -2.20. The van der Waals surface area contributed by atoms with E-state index in [-0.39, 0.29) is 17.6 Å². The van der Waals surface area contributed by atoms with Crippen LogP contribution in [0, 0.1) is 11.7 Å². The van der Waals surface area contributed by atoms with Gasteiger partial charge in [-0.2, -0.15) is 5.10 Å². The van der Waals surface area contributed by atoms with Crippen LogP contribution in [-0.4, -0.2) is 36.0 Å². The fraction of sp³-hybridized carbons (Fsp3) is 0.167. The lowest BCUT2D eigenvalue weighted by Gasteiger charge is -2.11. The summed E-state index contributed by atoms with van der Waals surface area (Å²) in [7, 11) is 0. The number of aromatic nitrogens is 6. The Morgan fingerprint density at radius 1 is 0.897 bits per heavy atom. The van der Waals surface area contributed by atoms with Crippen molar-refractivity contribution in [3.05, 3.63) is 79.1 Å². The van der Waals surface area contributed by atoms with Crippen LogP contribution in [0.15, 0.2) is 73.3 Å². The molecule has 1 aromatic carbocycles. The number of anilines is 1. The summed E-state index contributed by atoms with van der Waals surface area (Å²) in [5.74, 6) is -0.174. The van der Waals surface area contributed by atoms with Gasteiger partial charge in [0, 0.05) is 57.5 Å². The van der Waals surface area contributed by atoms with Crippen LogP contribution in [0.5, 0.6) is 0 Å². The molecule has 0 saturated heterocycles. The van der Waals surface area contributed by atoms with Gasteiger partial charge in [-0.1, -0.05) is 25.0 Å². The second-order valence-electron chi connectivity index (χ2n) is 9.94. The van der Waals surface area contributed by atoms with Gasteiger partial charge >= 0.3 is 0 Å². The third-order valence-electron chi connectivity index (χ3n) is 7.38. The van der Waals surface area contributed by atoms with Gasteiger partial charge in [0.25, 0.3) is 0 Å². The van der Waals surface area contributed by atoms with Gasteiger partial charge in [0.05, 0.1) is 23.3 Å². The smallest absolute Gasteiger partial charge is 0.227 e. The molecule has 5 aromatic heterocycles. The molecule has 5 heterocycles. The molecule has 39 heavy (non-hydrogen) atoms. The topological polar surface area (TPSA) is 112 Å². The number of benzene rings is 1. The Kier molecular flexibility index (Phi) is 5.61. The van der Waals surface area contributed by atoms with Crippen molar-refractivity contribution in [2.75, 3.05) is 5.32 Å². The van der Waals surface area contributed by atoms with Crippen LogP contribution >= 0.6 is 0 Å². The molecule has 1 fully saturated rings. The van der Waals surface area contributed by atoms with Gasteiger partial charge in [0.1, 0.15) is 11.5 Å². The Morgan fingerprint density at radius 2 is 1.77 bits per heavy atom. The average molecular weight is 518 g/mol. The van der Waals surface area contributed by atoms with Crippen molar-refractivity contribution in [3.63, 3.8) is 0 Å². The summed E-state index contributed by atoms with van der Waals surface area (Å²) >= 11 is 0. The number of halogens is 1. The molecule has 1 aliphatic carbocycles. The first kappa shape index (κ1) is 23.2. The zero-order valence-electron chi connectivity index (χ0n) is 20.9. The number of nitrogens with one attached hydrogen (secondary N) is 3. The van der Waals surface area contributed by atoms with Crippen LogP contribution in [0.2, 0.25) is 0 Å². The van der Waals surface area contributed by atoms with E-state index in [1.165, 1.54) is 12.1 Å². The van der Waals surface area contributed by atoms with Crippen LogP contribution in [0.4, 0.5) is 10.1 Å². The number of pyridine rings is 3. The number of aromatic amines is 2. The first-order valence-corrected chi connectivity index (χ1v) is 13.0. The first-order chi connectivity index (χ1) is 19.1. The summed E-state index contributed by atoms with van der Waals surface area (Å²) in [4.78, 5) is 29.5. The normalized spacial score (nSPS) is 13.9. The summed E-state index contributed by atoms with van der Waals surface area (Å²) in [6, 6.07) is 14.2. The van der Waals surface area contributed by atoms with Crippen molar-refractivity contribution in [3.8, 4) is 33.8 Å². The van der Waals surface area contributed by atoms with E-state index >= 15 is 0 Å². The number of hydrogen-bond acceptors (Lipinski definition) is 5. The van der Waals surface area contributed by atoms with Crippen molar-refractivity contribution in [1.29, 1.82) is 0 Å². The second-order valence-corrected chi connectivity index (χ2v) is 9.94. The van der Waals surface area contributed by atoms with Crippen molar-refractivity contribution >= 4 is 33.5 Å². The number of H-pyrrole nitrogens is 2. The maximum absolute atomic E-state index is 13.9. The molecule has 7 rings (SSSR count). The summed E-state index contributed by atoms with van der Waals surface area (Å²) in [5.41, 5.74) is 6.78. The third kappa shape index (κ3) is 4.31. The van der Waals surface area contributed by atoms with Crippen molar-refractivity contribution < 1.29 is 9.18 Å². The molecule has 8 nitrogen and oxygen atoms in total. The molecule has 1 amide bonds. The molecule has 9 heteroatoms. The van der Waals surface area contributed by atoms with Gasteiger partial charge in [-0.15, -0.1) is 0 Å². The molecular weight excluding hydrogens is 493 g/mol. The van der Waals surface area contributed by atoms with E-state index in [4.69, 9.17) is 0 Å². The van der Waals surface area contributed by atoms with Crippen LogP contribution in [0.3, 0.4) is 0 Å². The largest absolute Gasteiger partial charge is 0.353 e. The second kappa shape index (κ2) is 9.43. The Morgan fingerprint density at radius 3 is 2.64 bits per heavy atom. The first-order valence-electron chi connectivity index (χ1n) is 13.0. The summed E-state index contributed by atoms with van der Waals surface area (Å²) < 4.78 is 13.9. The standard InChI is InChI=1S/C30H24FN7O/c31-21-7-3-6-18(10-21)27-23-13-26(36-25(23)8-9-33-27)28-24-12-20(15-34-29(24)38-37-28)19-11-22(16-32-14-19)35-30(39)17-4-1-2-5-17/h3,6-17,36H,1-2,4-5H2,(H,35,39)(H,34,37,38). The fourth-order valence-corrected chi connectivity index (χ4v) is 5.41. The van der Waals surface area contributed by atoms with Gasteiger partial charge < -0.3 is 10.3 Å². The van der Waals surface area contributed by atoms with Crippen LogP contribution < -0.4 is 5.32 Å². The van der Waals surface area contributed by atoms with Crippen molar-refractivity contribution in [1.82, 2.24) is 30.1 Å². The van der Waals surface area contributed by atoms with Crippen LogP contribution in [0.25, 0.3) is 55.7 Å². The van der Waals surface area contributed by atoms with Gasteiger partial charge in [0.15, 0.2) is 5.65 Å².